The van der Waals surface area contributed by atoms with E-state index in [0.717, 1.165) is 16.8 Å². The van der Waals surface area contributed by atoms with Crippen molar-refractivity contribution in [2.45, 2.75) is 19.4 Å². The SMILES string of the molecule is C[C@@H]([NH2+]CC(=O)Nc1ccc(CC#N)cc1)c1ccccc1Cl. The van der Waals surface area contributed by atoms with Gasteiger partial charge in [-0.1, -0.05) is 41.9 Å². The predicted octanol–water partition coefficient (Wildman–Crippen LogP) is 2.67. The first-order chi connectivity index (χ1) is 11.1. The minimum Gasteiger partial charge on any atom is -0.332 e. The van der Waals surface area contributed by atoms with Gasteiger partial charge < -0.3 is 10.6 Å². The van der Waals surface area contributed by atoms with E-state index in [0.29, 0.717) is 18.0 Å². The molecule has 0 fully saturated rings. The number of nitrogens with one attached hydrogen (secondary N) is 1. The number of nitriles is 1. The highest BCUT2D eigenvalue weighted by atomic mass is 35.5. The van der Waals surface area contributed by atoms with Crippen LogP contribution in [-0.4, -0.2) is 12.5 Å². The average Bonchev–Trinajstić information content (AvgIpc) is 2.55. The van der Waals surface area contributed by atoms with Gasteiger partial charge in [0, 0.05) is 16.3 Å². The summed E-state index contributed by atoms with van der Waals surface area (Å²) in [4.78, 5) is 12.0. The van der Waals surface area contributed by atoms with Crippen molar-refractivity contribution in [2.75, 3.05) is 11.9 Å². The van der Waals surface area contributed by atoms with Gasteiger partial charge in [-0.15, -0.1) is 0 Å². The second-order valence-corrected chi connectivity index (χ2v) is 5.74. The molecule has 2 rings (SSSR count). The normalized spacial score (nSPS) is 11.5. The highest BCUT2D eigenvalue weighted by Crippen LogP contribution is 2.19. The number of rotatable bonds is 6. The van der Waals surface area contributed by atoms with Crippen molar-refractivity contribution in [3.8, 4) is 6.07 Å². The Balaban J connectivity index is 1.85. The Bertz CT molecular complexity index is 707. The molecule has 0 aromatic heterocycles. The summed E-state index contributed by atoms with van der Waals surface area (Å²) in [6.07, 6.45) is 0.372. The van der Waals surface area contributed by atoms with Gasteiger partial charge in [0.25, 0.3) is 5.91 Å². The summed E-state index contributed by atoms with van der Waals surface area (Å²) in [5, 5.41) is 14.1. The zero-order valence-corrected chi connectivity index (χ0v) is 13.7. The quantitative estimate of drug-likeness (QED) is 0.856. The van der Waals surface area contributed by atoms with Gasteiger partial charge in [0.1, 0.15) is 6.04 Å². The molecule has 23 heavy (non-hydrogen) atoms. The van der Waals surface area contributed by atoms with E-state index in [1.165, 1.54) is 0 Å². The molecule has 0 bridgehead atoms. The van der Waals surface area contributed by atoms with Gasteiger partial charge in [-0.2, -0.15) is 5.26 Å². The van der Waals surface area contributed by atoms with Crippen molar-refractivity contribution in [1.29, 1.82) is 5.26 Å². The monoisotopic (exact) mass is 328 g/mol. The van der Waals surface area contributed by atoms with Gasteiger partial charge in [-0.05, 0) is 30.7 Å². The summed E-state index contributed by atoms with van der Waals surface area (Å²) in [5.74, 6) is -0.0723. The van der Waals surface area contributed by atoms with Crippen LogP contribution in [0.5, 0.6) is 0 Å². The summed E-state index contributed by atoms with van der Waals surface area (Å²) < 4.78 is 0. The van der Waals surface area contributed by atoms with Gasteiger partial charge in [0.15, 0.2) is 6.54 Å². The highest BCUT2D eigenvalue weighted by Gasteiger charge is 2.14. The van der Waals surface area contributed by atoms with Crippen LogP contribution in [0.25, 0.3) is 0 Å². The second kappa shape index (κ2) is 8.33. The maximum Gasteiger partial charge on any atom is 0.279 e. The molecule has 2 aromatic carbocycles. The molecule has 0 aliphatic rings. The lowest BCUT2D eigenvalue weighted by Gasteiger charge is -2.12. The van der Waals surface area contributed by atoms with Crippen LogP contribution in [-0.2, 0) is 11.2 Å². The van der Waals surface area contributed by atoms with Crippen LogP contribution in [0, 0.1) is 11.3 Å². The molecule has 0 heterocycles. The molecule has 0 saturated carbocycles. The number of carbonyl (C=O) groups is 1. The van der Waals surface area contributed by atoms with Gasteiger partial charge in [-0.3, -0.25) is 4.79 Å². The van der Waals surface area contributed by atoms with Crippen molar-refractivity contribution in [3.05, 3.63) is 64.7 Å². The number of amides is 1. The molecule has 5 heteroatoms. The first-order valence-corrected chi connectivity index (χ1v) is 7.81. The van der Waals surface area contributed by atoms with E-state index in [1.54, 1.807) is 0 Å². The Morgan fingerprint density at radius 3 is 2.61 bits per heavy atom. The highest BCUT2D eigenvalue weighted by molar-refractivity contribution is 6.31. The fourth-order valence-corrected chi connectivity index (χ4v) is 2.57. The molecule has 3 N–H and O–H groups in total. The fourth-order valence-electron chi connectivity index (χ4n) is 2.26. The van der Waals surface area contributed by atoms with Crippen LogP contribution < -0.4 is 10.6 Å². The standard InChI is InChI=1S/C18H18ClN3O/c1-13(16-4-2-3-5-17(16)19)21-12-18(23)22-15-8-6-14(7-9-15)10-11-20/h2-9,13,21H,10,12H2,1H3,(H,22,23)/p+1/t13-/m1/s1. The van der Waals surface area contributed by atoms with Crippen LogP contribution in [0.2, 0.25) is 5.02 Å². The smallest absolute Gasteiger partial charge is 0.279 e. The third-order valence-electron chi connectivity index (χ3n) is 3.57. The van der Waals surface area contributed by atoms with Gasteiger partial charge in [-0.25, -0.2) is 0 Å². The zero-order valence-electron chi connectivity index (χ0n) is 12.9. The topological polar surface area (TPSA) is 69.5 Å². The molecule has 0 unspecified atom stereocenters. The molecular formula is C18H19ClN3O+. The van der Waals surface area contributed by atoms with Crippen molar-refractivity contribution >= 4 is 23.2 Å². The Morgan fingerprint density at radius 1 is 1.26 bits per heavy atom. The fraction of sp³-hybridized carbons (Fsp3) is 0.222. The molecule has 0 aliphatic carbocycles. The number of carbonyl (C=O) groups excluding carboxylic acids is 1. The first-order valence-electron chi connectivity index (χ1n) is 7.43. The second-order valence-electron chi connectivity index (χ2n) is 5.33. The number of nitrogens with two attached hydrogens (primary N) is 1. The maximum absolute atomic E-state index is 12.0. The van der Waals surface area contributed by atoms with E-state index in [1.807, 2.05) is 60.8 Å². The lowest BCUT2D eigenvalue weighted by molar-refractivity contribution is -0.682. The minimum absolute atomic E-state index is 0.0723. The molecule has 1 amide bonds. The molecule has 0 spiro atoms. The van der Waals surface area contributed by atoms with Crippen molar-refractivity contribution in [1.82, 2.24) is 0 Å². The van der Waals surface area contributed by atoms with Crippen molar-refractivity contribution in [3.63, 3.8) is 0 Å². The lowest BCUT2D eigenvalue weighted by Crippen LogP contribution is -2.86. The largest absolute Gasteiger partial charge is 0.332 e. The lowest BCUT2D eigenvalue weighted by atomic mass is 10.1. The van der Waals surface area contributed by atoms with Gasteiger partial charge in [0.2, 0.25) is 0 Å². The molecule has 0 saturated heterocycles. The van der Waals surface area contributed by atoms with E-state index in [9.17, 15) is 4.79 Å². The van der Waals surface area contributed by atoms with Crippen molar-refractivity contribution in [2.24, 2.45) is 0 Å². The number of hydrogen-bond acceptors (Lipinski definition) is 2. The number of benzene rings is 2. The summed E-state index contributed by atoms with van der Waals surface area (Å²) in [5.41, 5.74) is 2.68. The molecule has 118 valence electrons. The van der Waals surface area contributed by atoms with E-state index < -0.39 is 0 Å². The third kappa shape index (κ3) is 5.10. The summed E-state index contributed by atoms with van der Waals surface area (Å²) in [6.45, 7) is 2.33. The first kappa shape index (κ1) is 17.0. The number of nitrogens with zero attached hydrogens (tertiary/aromatic N) is 1. The number of halogens is 1. The van der Waals surface area contributed by atoms with E-state index in [2.05, 4.69) is 11.4 Å². The summed E-state index contributed by atoms with van der Waals surface area (Å²) in [6, 6.07) is 17.1. The number of hydrogen-bond donors (Lipinski definition) is 2. The Hall–Kier alpha value is -2.35. The molecule has 1 atom stereocenters. The van der Waals surface area contributed by atoms with Crippen LogP contribution in [0.4, 0.5) is 5.69 Å². The Morgan fingerprint density at radius 2 is 1.96 bits per heavy atom. The van der Waals surface area contributed by atoms with Crippen LogP contribution in [0.15, 0.2) is 48.5 Å². The average molecular weight is 329 g/mol. The minimum atomic E-state index is -0.0723. The van der Waals surface area contributed by atoms with E-state index in [4.69, 9.17) is 16.9 Å². The van der Waals surface area contributed by atoms with E-state index >= 15 is 0 Å². The van der Waals surface area contributed by atoms with Crippen LogP contribution in [0.1, 0.15) is 24.1 Å². The molecular weight excluding hydrogens is 310 g/mol. The predicted molar refractivity (Wildman–Crippen MR) is 91.0 cm³/mol. The molecule has 2 aromatic rings. The molecule has 4 nitrogen and oxygen atoms in total. The van der Waals surface area contributed by atoms with E-state index in [-0.39, 0.29) is 11.9 Å². The summed E-state index contributed by atoms with van der Waals surface area (Å²) >= 11 is 6.16. The van der Waals surface area contributed by atoms with Gasteiger partial charge in [0.05, 0.1) is 12.5 Å². The maximum atomic E-state index is 12.0. The third-order valence-corrected chi connectivity index (χ3v) is 3.92. The summed E-state index contributed by atoms with van der Waals surface area (Å²) in [7, 11) is 0. The molecule has 0 aliphatic heterocycles. The zero-order chi connectivity index (χ0) is 16.7. The van der Waals surface area contributed by atoms with Gasteiger partial charge >= 0.3 is 0 Å². The van der Waals surface area contributed by atoms with Crippen LogP contribution in [0.3, 0.4) is 0 Å². The van der Waals surface area contributed by atoms with Crippen molar-refractivity contribution < 1.29 is 10.1 Å². The number of quaternary nitrogens is 1. The molecule has 0 radical (unpaired) electrons. The Labute approximate surface area is 141 Å². The van der Waals surface area contributed by atoms with Crippen LogP contribution >= 0.6 is 11.6 Å². The Kier molecular flexibility index (Phi) is 6.16. The number of anilines is 1.